The summed E-state index contributed by atoms with van der Waals surface area (Å²) in [6.45, 7) is 2.40. The zero-order valence-corrected chi connectivity index (χ0v) is 17.7. The highest BCUT2D eigenvalue weighted by atomic mass is 32.2. The SMILES string of the molecule is CCOc1ccc(NC(=O)C(Cc2ccccc2)NS(=O)(=O)c2ccc(F)cc2)cc1. The zero-order chi connectivity index (χ0) is 22.3. The summed E-state index contributed by atoms with van der Waals surface area (Å²) in [7, 11) is -4.05. The standard InChI is InChI=1S/C23H23FN2O4S/c1-2-30-20-12-10-19(11-13-20)25-23(27)22(16-17-6-4-3-5-7-17)26-31(28,29)21-14-8-18(24)9-15-21/h3-15,22,26H,2,16H2,1H3,(H,25,27). The van der Waals surface area contributed by atoms with Gasteiger partial charge in [-0.15, -0.1) is 0 Å². The normalized spacial score (nSPS) is 12.2. The Balaban J connectivity index is 1.81. The van der Waals surface area contributed by atoms with Gasteiger partial charge in [-0.25, -0.2) is 12.8 Å². The van der Waals surface area contributed by atoms with Gasteiger partial charge in [-0.2, -0.15) is 4.72 Å². The Bertz CT molecular complexity index is 1100. The Morgan fingerprint density at radius 2 is 1.61 bits per heavy atom. The highest BCUT2D eigenvalue weighted by molar-refractivity contribution is 7.89. The predicted molar refractivity (Wildman–Crippen MR) is 117 cm³/mol. The number of rotatable bonds is 9. The molecule has 1 atom stereocenters. The van der Waals surface area contributed by atoms with E-state index in [0.29, 0.717) is 18.0 Å². The maximum atomic E-state index is 13.2. The van der Waals surface area contributed by atoms with E-state index >= 15 is 0 Å². The third-order valence-electron chi connectivity index (χ3n) is 4.45. The van der Waals surface area contributed by atoms with Crippen molar-refractivity contribution in [2.24, 2.45) is 0 Å². The molecule has 0 saturated carbocycles. The second kappa shape index (κ2) is 10.2. The molecule has 3 rings (SSSR count). The average molecular weight is 443 g/mol. The van der Waals surface area contributed by atoms with Gasteiger partial charge in [-0.05, 0) is 67.4 Å². The maximum Gasteiger partial charge on any atom is 0.242 e. The van der Waals surface area contributed by atoms with E-state index in [2.05, 4.69) is 10.0 Å². The lowest BCUT2D eigenvalue weighted by Crippen LogP contribution is -2.45. The summed E-state index contributed by atoms with van der Waals surface area (Å²) in [5, 5.41) is 2.73. The fourth-order valence-corrected chi connectivity index (χ4v) is 4.13. The summed E-state index contributed by atoms with van der Waals surface area (Å²) < 4.78 is 46.6. The second-order valence-electron chi connectivity index (χ2n) is 6.76. The molecule has 3 aromatic carbocycles. The van der Waals surface area contributed by atoms with Crippen molar-refractivity contribution in [2.45, 2.75) is 24.3 Å². The van der Waals surface area contributed by atoms with Crippen molar-refractivity contribution in [3.63, 3.8) is 0 Å². The topological polar surface area (TPSA) is 84.5 Å². The van der Waals surface area contributed by atoms with Crippen molar-refractivity contribution in [1.29, 1.82) is 0 Å². The van der Waals surface area contributed by atoms with Crippen molar-refractivity contribution in [3.8, 4) is 5.75 Å². The fraction of sp³-hybridized carbons (Fsp3) is 0.174. The van der Waals surface area contributed by atoms with Crippen LogP contribution in [-0.2, 0) is 21.2 Å². The van der Waals surface area contributed by atoms with Gasteiger partial charge >= 0.3 is 0 Å². The van der Waals surface area contributed by atoms with Gasteiger partial charge in [0.2, 0.25) is 15.9 Å². The van der Waals surface area contributed by atoms with Gasteiger partial charge in [0.15, 0.2) is 0 Å². The van der Waals surface area contributed by atoms with E-state index in [4.69, 9.17) is 4.74 Å². The number of benzene rings is 3. The molecule has 0 aliphatic carbocycles. The Labute approximate surface area is 181 Å². The van der Waals surface area contributed by atoms with E-state index in [9.17, 15) is 17.6 Å². The van der Waals surface area contributed by atoms with Crippen LogP contribution in [0.15, 0.2) is 83.8 Å². The Kier molecular flexibility index (Phi) is 7.38. The molecule has 31 heavy (non-hydrogen) atoms. The highest BCUT2D eigenvalue weighted by Gasteiger charge is 2.26. The Morgan fingerprint density at radius 3 is 2.23 bits per heavy atom. The first kappa shape index (κ1) is 22.5. The molecule has 0 fully saturated rings. The minimum atomic E-state index is -4.05. The first-order valence-electron chi connectivity index (χ1n) is 9.73. The molecule has 0 radical (unpaired) electrons. The van der Waals surface area contributed by atoms with Crippen LogP contribution in [0.25, 0.3) is 0 Å². The van der Waals surface area contributed by atoms with Gasteiger partial charge in [0.25, 0.3) is 0 Å². The van der Waals surface area contributed by atoms with Crippen LogP contribution in [0.4, 0.5) is 10.1 Å². The van der Waals surface area contributed by atoms with E-state index in [0.717, 1.165) is 29.8 Å². The molecular formula is C23H23FN2O4S. The van der Waals surface area contributed by atoms with Gasteiger partial charge in [-0.1, -0.05) is 30.3 Å². The molecule has 3 aromatic rings. The molecule has 0 aromatic heterocycles. The number of carbonyl (C=O) groups is 1. The summed E-state index contributed by atoms with van der Waals surface area (Å²) in [5.74, 6) is -0.398. The number of halogens is 1. The number of ether oxygens (including phenoxy) is 1. The molecule has 0 bridgehead atoms. The average Bonchev–Trinajstić information content (AvgIpc) is 2.76. The van der Waals surface area contributed by atoms with Crippen LogP contribution in [0.1, 0.15) is 12.5 Å². The molecule has 1 unspecified atom stereocenters. The van der Waals surface area contributed by atoms with E-state index in [1.54, 1.807) is 24.3 Å². The largest absolute Gasteiger partial charge is 0.494 e. The van der Waals surface area contributed by atoms with Gasteiger partial charge in [0, 0.05) is 5.69 Å². The third kappa shape index (κ3) is 6.37. The van der Waals surface area contributed by atoms with Gasteiger partial charge in [0.05, 0.1) is 11.5 Å². The number of anilines is 1. The van der Waals surface area contributed by atoms with Crippen molar-refractivity contribution < 1.29 is 22.3 Å². The Morgan fingerprint density at radius 1 is 0.968 bits per heavy atom. The van der Waals surface area contributed by atoms with Crippen LogP contribution in [-0.4, -0.2) is 27.0 Å². The lowest BCUT2D eigenvalue weighted by molar-refractivity contribution is -0.117. The van der Waals surface area contributed by atoms with Crippen LogP contribution in [0.3, 0.4) is 0 Å². The van der Waals surface area contributed by atoms with E-state index < -0.39 is 27.8 Å². The van der Waals surface area contributed by atoms with Crippen molar-refractivity contribution in [1.82, 2.24) is 4.72 Å². The van der Waals surface area contributed by atoms with Crippen LogP contribution in [0, 0.1) is 5.82 Å². The summed E-state index contributed by atoms with van der Waals surface area (Å²) in [6.07, 6.45) is 0.143. The van der Waals surface area contributed by atoms with Crippen molar-refractivity contribution >= 4 is 21.6 Å². The number of sulfonamides is 1. The molecule has 2 N–H and O–H groups in total. The van der Waals surface area contributed by atoms with E-state index in [-0.39, 0.29) is 11.3 Å². The van der Waals surface area contributed by atoms with Gasteiger partial charge < -0.3 is 10.1 Å². The van der Waals surface area contributed by atoms with Crippen LogP contribution in [0.5, 0.6) is 5.75 Å². The number of amides is 1. The predicted octanol–water partition coefficient (Wildman–Crippen LogP) is 3.75. The molecule has 0 aliphatic heterocycles. The molecule has 0 spiro atoms. The molecule has 0 heterocycles. The molecule has 8 heteroatoms. The Hall–Kier alpha value is -3.23. The number of carbonyl (C=O) groups excluding carboxylic acids is 1. The van der Waals surface area contributed by atoms with Crippen molar-refractivity contribution in [2.75, 3.05) is 11.9 Å². The van der Waals surface area contributed by atoms with E-state index in [1.807, 2.05) is 37.3 Å². The molecule has 162 valence electrons. The molecular weight excluding hydrogens is 419 g/mol. The first-order chi connectivity index (χ1) is 14.9. The lowest BCUT2D eigenvalue weighted by Gasteiger charge is -2.19. The fourth-order valence-electron chi connectivity index (χ4n) is 2.94. The third-order valence-corrected chi connectivity index (χ3v) is 5.94. The zero-order valence-electron chi connectivity index (χ0n) is 16.9. The monoisotopic (exact) mass is 442 g/mol. The second-order valence-corrected chi connectivity index (χ2v) is 8.48. The number of hydrogen-bond acceptors (Lipinski definition) is 4. The molecule has 1 amide bonds. The minimum absolute atomic E-state index is 0.124. The van der Waals surface area contributed by atoms with Crippen molar-refractivity contribution in [3.05, 3.63) is 90.2 Å². The molecule has 0 aliphatic rings. The lowest BCUT2D eigenvalue weighted by atomic mass is 10.1. The summed E-state index contributed by atoms with van der Waals surface area (Å²) in [6, 6.07) is 19.2. The summed E-state index contributed by atoms with van der Waals surface area (Å²) in [4.78, 5) is 12.8. The maximum absolute atomic E-state index is 13.2. The first-order valence-corrected chi connectivity index (χ1v) is 11.2. The van der Waals surface area contributed by atoms with E-state index in [1.165, 1.54) is 0 Å². The molecule has 6 nitrogen and oxygen atoms in total. The molecule has 0 saturated heterocycles. The number of hydrogen-bond donors (Lipinski definition) is 2. The smallest absolute Gasteiger partial charge is 0.242 e. The van der Waals surface area contributed by atoms with Gasteiger partial charge in [0.1, 0.15) is 17.6 Å². The van der Waals surface area contributed by atoms with Crippen LogP contribution in [0.2, 0.25) is 0 Å². The minimum Gasteiger partial charge on any atom is -0.494 e. The van der Waals surface area contributed by atoms with Gasteiger partial charge in [-0.3, -0.25) is 4.79 Å². The summed E-state index contributed by atoms with van der Waals surface area (Å²) in [5.41, 5.74) is 1.30. The van der Waals surface area contributed by atoms with Crippen LogP contribution >= 0.6 is 0 Å². The van der Waals surface area contributed by atoms with Crippen LogP contribution < -0.4 is 14.8 Å². The number of nitrogens with one attached hydrogen (secondary N) is 2. The summed E-state index contributed by atoms with van der Waals surface area (Å²) >= 11 is 0. The highest BCUT2D eigenvalue weighted by Crippen LogP contribution is 2.17. The quantitative estimate of drug-likeness (QED) is 0.529.